The van der Waals surface area contributed by atoms with E-state index in [2.05, 4.69) is 5.10 Å². The minimum atomic E-state index is -3.87. The topological polar surface area (TPSA) is 94.1 Å². The first-order valence-corrected chi connectivity index (χ1v) is 9.45. The lowest BCUT2D eigenvalue weighted by atomic mass is 10.3. The lowest BCUT2D eigenvalue weighted by Gasteiger charge is -2.12. The number of aromatic nitrogens is 1. The van der Waals surface area contributed by atoms with Gasteiger partial charge in [-0.05, 0) is 30.7 Å². The lowest BCUT2D eigenvalue weighted by molar-refractivity contribution is -0.697. The number of phenols is 1. The van der Waals surface area contributed by atoms with Crippen LogP contribution in [-0.2, 0) is 16.7 Å². The molecule has 0 fully saturated rings. The summed E-state index contributed by atoms with van der Waals surface area (Å²) in [6, 6.07) is 10.6. The number of hydrogen-bond acceptors (Lipinski definition) is 5. The maximum absolute atomic E-state index is 10.7. The highest BCUT2D eigenvalue weighted by Gasteiger charge is 2.06. The maximum Gasteiger partial charge on any atom is 0.264 e. The van der Waals surface area contributed by atoms with Crippen LogP contribution in [0.5, 0.6) is 5.75 Å². The number of hydrogen-bond donors (Lipinski definition) is 2. The Kier molecular flexibility index (Phi) is 6.49. The Morgan fingerprint density at radius 2 is 1.76 bits per heavy atom. The summed E-state index contributed by atoms with van der Waals surface area (Å²) < 4.78 is 31.9. The van der Waals surface area contributed by atoms with Gasteiger partial charge < -0.3 is 5.11 Å². The van der Waals surface area contributed by atoms with Crippen LogP contribution in [0.1, 0.15) is 18.4 Å². The van der Waals surface area contributed by atoms with E-state index in [4.69, 9.17) is 4.55 Å². The van der Waals surface area contributed by atoms with Gasteiger partial charge in [-0.2, -0.15) is 13.5 Å². The summed E-state index contributed by atoms with van der Waals surface area (Å²) >= 11 is 0. The first-order valence-electron chi connectivity index (χ1n) is 7.84. The van der Waals surface area contributed by atoms with Gasteiger partial charge in [-0.3, -0.25) is 9.56 Å². The summed E-state index contributed by atoms with van der Waals surface area (Å²) in [5.74, 6) is 0.00682. The predicted octanol–water partition coefficient (Wildman–Crippen LogP) is 1.82. The smallest absolute Gasteiger partial charge is 0.264 e. The van der Waals surface area contributed by atoms with Gasteiger partial charge in [0.2, 0.25) is 0 Å². The van der Waals surface area contributed by atoms with Gasteiger partial charge in [-0.25, -0.2) is 4.57 Å². The molecule has 25 heavy (non-hydrogen) atoms. The summed E-state index contributed by atoms with van der Waals surface area (Å²) in [4.78, 5) is 0. The van der Waals surface area contributed by atoms with Crippen molar-refractivity contribution in [2.45, 2.75) is 19.4 Å². The molecule has 0 radical (unpaired) electrons. The van der Waals surface area contributed by atoms with Gasteiger partial charge in [0.15, 0.2) is 12.4 Å². The summed E-state index contributed by atoms with van der Waals surface area (Å²) in [5.41, 5.74) is 1.79. The molecule has 2 rings (SSSR count). The molecule has 0 aliphatic heterocycles. The number of anilines is 1. The molecule has 0 saturated carbocycles. The van der Waals surface area contributed by atoms with Crippen LogP contribution in [-0.4, -0.2) is 37.1 Å². The molecule has 0 aliphatic rings. The van der Waals surface area contributed by atoms with Crippen molar-refractivity contribution in [3.8, 4) is 5.75 Å². The Bertz CT molecular complexity index is 803. The van der Waals surface area contributed by atoms with E-state index in [0.717, 1.165) is 11.3 Å². The normalized spacial score (nSPS) is 11.8. The molecule has 1 aromatic heterocycles. The average Bonchev–Trinajstić information content (AvgIpc) is 2.57. The van der Waals surface area contributed by atoms with Crippen LogP contribution in [0.2, 0.25) is 0 Å². The Morgan fingerprint density at radius 3 is 2.36 bits per heavy atom. The number of nitrogens with zero attached hydrogens (tertiary/aromatic N) is 3. The van der Waals surface area contributed by atoms with E-state index in [1.165, 1.54) is 0 Å². The van der Waals surface area contributed by atoms with Crippen molar-refractivity contribution in [2.24, 2.45) is 5.10 Å². The van der Waals surface area contributed by atoms with Crippen molar-refractivity contribution in [1.82, 2.24) is 0 Å². The van der Waals surface area contributed by atoms with Gasteiger partial charge in [-0.1, -0.05) is 0 Å². The average molecular weight is 364 g/mol. The van der Waals surface area contributed by atoms with Crippen LogP contribution in [0.4, 0.5) is 5.69 Å². The Morgan fingerprint density at radius 1 is 1.12 bits per heavy atom. The van der Waals surface area contributed by atoms with Crippen LogP contribution in [0.3, 0.4) is 0 Å². The van der Waals surface area contributed by atoms with Crippen LogP contribution in [0, 0.1) is 0 Å². The van der Waals surface area contributed by atoms with Crippen LogP contribution in [0.15, 0.2) is 53.9 Å². The van der Waals surface area contributed by atoms with E-state index in [1.807, 2.05) is 36.1 Å². The zero-order valence-corrected chi connectivity index (χ0v) is 14.8. The number of benzene rings is 1. The van der Waals surface area contributed by atoms with Gasteiger partial charge in [0.05, 0.1) is 17.7 Å². The van der Waals surface area contributed by atoms with Crippen molar-refractivity contribution >= 4 is 22.0 Å². The summed E-state index contributed by atoms with van der Waals surface area (Å²) in [7, 11) is -2.05. The van der Waals surface area contributed by atoms with Crippen LogP contribution < -0.4 is 9.58 Å². The van der Waals surface area contributed by atoms with E-state index < -0.39 is 10.1 Å². The Labute approximate surface area is 147 Å². The molecule has 0 atom stereocenters. The fourth-order valence-electron chi connectivity index (χ4n) is 2.17. The molecule has 0 saturated heterocycles. The molecule has 1 heterocycles. The molecule has 7 nitrogen and oxygen atoms in total. The molecule has 134 valence electrons. The van der Waals surface area contributed by atoms with Crippen molar-refractivity contribution in [3.63, 3.8) is 0 Å². The van der Waals surface area contributed by atoms with Gasteiger partial charge in [-0.15, -0.1) is 0 Å². The van der Waals surface area contributed by atoms with Gasteiger partial charge in [0.1, 0.15) is 12.3 Å². The standard InChI is InChI=1S/C17H21N3O4S/c1-19(16-4-6-17(21)7-5-16)18-14-15-8-11-20(12-9-15)10-2-3-13-25(22,23)24/h4-9,11-12,14H,2-3,10,13H2,1H3,(H-,18,21,22,23,24)/p+1. The first kappa shape index (κ1) is 18.9. The molecule has 1 aromatic carbocycles. The molecule has 0 unspecified atom stereocenters. The van der Waals surface area contributed by atoms with Crippen molar-refractivity contribution in [1.29, 1.82) is 0 Å². The van der Waals surface area contributed by atoms with Crippen LogP contribution in [0.25, 0.3) is 0 Å². The fraction of sp³-hybridized carbons (Fsp3) is 0.294. The molecule has 0 bridgehead atoms. The molecule has 2 aromatic rings. The Hall–Kier alpha value is -2.45. The molecule has 0 spiro atoms. The SMILES string of the molecule is CN(N=Cc1cc[n+](CCCCS(=O)(=O)O)cc1)c1ccc(O)cc1. The van der Waals surface area contributed by atoms with E-state index in [0.29, 0.717) is 19.4 Å². The first-order chi connectivity index (χ1) is 11.8. The summed E-state index contributed by atoms with van der Waals surface area (Å²) in [5, 5.41) is 15.3. The number of phenolic OH excluding ortho intramolecular Hbond substituents is 1. The highest BCUT2D eigenvalue weighted by atomic mass is 32.2. The quantitative estimate of drug-likeness (QED) is 0.245. The van der Waals surface area contributed by atoms with E-state index >= 15 is 0 Å². The molecule has 0 amide bonds. The minimum Gasteiger partial charge on any atom is -0.508 e. The lowest BCUT2D eigenvalue weighted by Crippen LogP contribution is -2.32. The highest BCUT2D eigenvalue weighted by Crippen LogP contribution is 2.17. The predicted molar refractivity (Wildman–Crippen MR) is 96.4 cm³/mol. The van der Waals surface area contributed by atoms with E-state index in [1.54, 1.807) is 35.5 Å². The third kappa shape index (κ3) is 6.90. The van der Waals surface area contributed by atoms with Crippen molar-refractivity contribution < 1.29 is 22.6 Å². The van der Waals surface area contributed by atoms with Crippen LogP contribution >= 0.6 is 0 Å². The molecule has 2 N–H and O–H groups in total. The second-order valence-corrected chi connectivity index (χ2v) is 7.22. The molecular weight excluding hydrogens is 342 g/mol. The summed E-state index contributed by atoms with van der Waals surface area (Å²) in [6.07, 6.45) is 6.62. The van der Waals surface area contributed by atoms with Gasteiger partial charge in [0.25, 0.3) is 10.1 Å². The molecule has 8 heteroatoms. The third-order valence-electron chi connectivity index (χ3n) is 3.59. The molecular formula is C17H22N3O4S+. The zero-order chi connectivity index (χ0) is 18.3. The number of rotatable bonds is 8. The maximum atomic E-state index is 10.7. The number of pyridine rings is 1. The monoisotopic (exact) mass is 364 g/mol. The number of unbranched alkanes of at least 4 members (excludes halogenated alkanes) is 1. The largest absolute Gasteiger partial charge is 0.508 e. The third-order valence-corrected chi connectivity index (χ3v) is 4.39. The number of aromatic hydroxyl groups is 1. The number of aryl methyl sites for hydroxylation is 1. The van der Waals surface area contributed by atoms with Crippen molar-refractivity contribution in [2.75, 3.05) is 17.8 Å². The minimum absolute atomic E-state index is 0.206. The molecule has 0 aliphatic carbocycles. The van der Waals surface area contributed by atoms with E-state index in [9.17, 15) is 13.5 Å². The zero-order valence-electron chi connectivity index (χ0n) is 14.0. The Balaban J connectivity index is 1.86. The van der Waals surface area contributed by atoms with E-state index in [-0.39, 0.29) is 11.5 Å². The van der Waals surface area contributed by atoms with Gasteiger partial charge >= 0.3 is 0 Å². The fourth-order valence-corrected chi connectivity index (χ4v) is 2.74. The van der Waals surface area contributed by atoms with Gasteiger partial charge in [0, 0.05) is 31.2 Å². The highest BCUT2D eigenvalue weighted by molar-refractivity contribution is 7.85. The summed E-state index contributed by atoms with van der Waals surface area (Å²) in [6.45, 7) is 0.681. The number of hydrazone groups is 1. The second kappa shape index (κ2) is 8.59. The van der Waals surface area contributed by atoms with Crippen molar-refractivity contribution in [3.05, 3.63) is 54.4 Å². The second-order valence-electron chi connectivity index (χ2n) is 5.65.